The predicted octanol–water partition coefficient (Wildman–Crippen LogP) is 1.81. The molecule has 0 atom stereocenters. The number of rotatable bonds is 5. The molecule has 0 spiro atoms. The number of nitrogens with one attached hydrogen (secondary N) is 1. The third-order valence-corrected chi connectivity index (χ3v) is 2.60. The van der Waals surface area contributed by atoms with Crippen molar-refractivity contribution in [3.63, 3.8) is 0 Å². The van der Waals surface area contributed by atoms with Gasteiger partial charge in [-0.2, -0.15) is 0 Å². The van der Waals surface area contributed by atoms with Crippen molar-refractivity contribution in [3.05, 3.63) is 35.4 Å². The minimum absolute atomic E-state index is 0.151. The third kappa shape index (κ3) is 3.06. The molecule has 0 aliphatic rings. The Labute approximate surface area is 91.4 Å². The summed E-state index contributed by atoms with van der Waals surface area (Å²) in [4.78, 5) is 2.31. The van der Waals surface area contributed by atoms with Gasteiger partial charge < -0.3 is 5.73 Å². The molecule has 0 saturated carbocycles. The molecule has 1 aromatic rings. The molecule has 3 nitrogen and oxygen atoms in total. The maximum absolute atomic E-state index is 7.49. The maximum Gasteiger partial charge on any atom is 0.123 e. The predicted molar refractivity (Wildman–Crippen MR) is 64.1 cm³/mol. The van der Waals surface area contributed by atoms with Crippen LogP contribution in [0.4, 0.5) is 0 Å². The van der Waals surface area contributed by atoms with Crippen molar-refractivity contribution in [1.82, 2.24) is 4.90 Å². The highest BCUT2D eigenvalue weighted by molar-refractivity contribution is 5.96. The van der Waals surface area contributed by atoms with Gasteiger partial charge in [0.25, 0.3) is 0 Å². The number of nitrogen functional groups attached to an aromatic ring is 1. The lowest BCUT2D eigenvalue weighted by atomic mass is 10.1. The van der Waals surface area contributed by atoms with Gasteiger partial charge in [0.15, 0.2) is 0 Å². The second kappa shape index (κ2) is 5.51. The number of amidine groups is 1. The van der Waals surface area contributed by atoms with Gasteiger partial charge in [0.05, 0.1) is 0 Å². The smallest absolute Gasteiger partial charge is 0.123 e. The molecule has 0 aliphatic heterocycles. The molecule has 82 valence electrons. The summed E-state index contributed by atoms with van der Waals surface area (Å²) in [6.45, 7) is 7.17. The Hall–Kier alpha value is -1.35. The monoisotopic (exact) mass is 205 g/mol. The standard InChI is InChI=1S/C12H19N3/c1-3-15(4-2)9-10-7-5-6-8-11(10)12(13)14/h5-8H,3-4,9H2,1-2H3,(H3,13,14). The van der Waals surface area contributed by atoms with Gasteiger partial charge in [0, 0.05) is 12.1 Å². The number of hydrogen-bond acceptors (Lipinski definition) is 2. The van der Waals surface area contributed by atoms with Crippen LogP contribution in [0.15, 0.2) is 24.3 Å². The molecule has 0 radical (unpaired) electrons. The molecule has 0 aromatic heterocycles. The van der Waals surface area contributed by atoms with E-state index in [0.29, 0.717) is 0 Å². The van der Waals surface area contributed by atoms with Crippen LogP contribution >= 0.6 is 0 Å². The van der Waals surface area contributed by atoms with Crippen molar-refractivity contribution in [3.8, 4) is 0 Å². The third-order valence-electron chi connectivity index (χ3n) is 2.60. The van der Waals surface area contributed by atoms with E-state index < -0.39 is 0 Å². The van der Waals surface area contributed by atoms with Gasteiger partial charge in [-0.25, -0.2) is 0 Å². The van der Waals surface area contributed by atoms with E-state index >= 15 is 0 Å². The lowest BCUT2D eigenvalue weighted by Crippen LogP contribution is -2.24. The van der Waals surface area contributed by atoms with E-state index in [1.54, 1.807) is 0 Å². The van der Waals surface area contributed by atoms with Crippen LogP contribution in [-0.2, 0) is 6.54 Å². The van der Waals surface area contributed by atoms with Gasteiger partial charge in [-0.05, 0) is 18.7 Å². The molecule has 0 fully saturated rings. The van der Waals surface area contributed by atoms with Crippen molar-refractivity contribution in [2.75, 3.05) is 13.1 Å². The molecule has 0 unspecified atom stereocenters. The lowest BCUT2D eigenvalue weighted by Gasteiger charge is -2.19. The van der Waals surface area contributed by atoms with Gasteiger partial charge in [-0.3, -0.25) is 10.3 Å². The largest absolute Gasteiger partial charge is 0.384 e. The van der Waals surface area contributed by atoms with Gasteiger partial charge in [-0.15, -0.1) is 0 Å². The van der Waals surface area contributed by atoms with Crippen LogP contribution < -0.4 is 5.73 Å². The van der Waals surface area contributed by atoms with Gasteiger partial charge in [-0.1, -0.05) is 38.1 Å². The number of nitrogens with zero attached hydrogens (tertiary/aromatic N) is 1. The first-order valence-corrected chi connectivity index (χ1v) is 5.33. The SMILES string of the molecule is CCN(CC)Cc1ccccc1C(=N)N. The Morgan fingerprint density at radius 1 is 1.27 bits per heavy atom. The Morgan fingerprint density at radius 3 is 2.40 bits per heavy atom. The van der Waals surface area contributed by atoms with E-state index in [-0.39, 0.29) is 5.84 Å². The fourth-order valence-corrected chi connectivity index (χ4v) is 1.61. The second-order valence-corrected chi connectivity index (χ2v) is 3.53. The van der Waals surface area contributed by atoms with Gasteiger partial charge in [0.2, 0.25) is 0 Å². The van der Waals surface area contributed by atoms with Crippen LogP contribution in [0.1, 0.15) is 25.0 Å². The average Bonchev–Trinajstić information content (AvgIpc) is 2.26. The Kier molecular flexibility index (Phi) is 4.31. The summed E-state index contributed by atoms with van der Waals surface area (Å²) in [5.41, 5.74) is 7.52. The van der Waals surface area contributed by atoms with Crippen molar-refractivity contribution in [1.29, 1.82) is 5.41 Å². The fraction of sp³-hybridized carbons (Fsp3) is 0.417. The van der Waals surface area contributed by atoms with Crippen LogP contribution in [0.25, 0.3) is 0 Å². The molecule has 0 heterocycles. The first kappa shape index (κ1) is 11.7. The zero-order valence-corrected chi connectivity index (χ0v) is 9.46. The molecule has 1 rings (SSSR count). The zero-order valence-electron chi connectivity index (χ0n) is 9.46. The summed E-state index contributed by atoms with van der Waals surface area (Å²) in [6, 6.07) is 7.85. The molecular weight excluding hydrogens is 186 g/mol. The van der Waals surface area contributed by atoms with Crippen LogP contribution in [-0.4, -0.2) is 23.8 Å². The van der Waals surface area contributed by atoms with Crippen LogP contribution in [0.5, 0.6) is 0 Å². The van der Waals surface area contributed by atoms with Crippen LogP contribution in [0.3, 0.4) is 0 Å². The van der Waals surface area contributed by atoms with Crippen molar-refractivity contribution < 1.29 is 0 Å². The highest BCUT2D eigenvalue weighted by Gasteiger charge is 2.07. The zero-order chi connectivity index (χ0) is 11.3. The quantitative estimate of drug-likeness (QED) is 0.569. The fourth-order valence-electron chi connectivity index (χ4n) is 1.61. The summed E-state index contributed by atoms with van der Waals surface area (Å²) in [5.74, 6) is 0.151. The Bertz CT molecular complexity index is 329. The van der Waals surface area contributed by atoms with Crippen LogP contribution in [0.2, 0.25) is 0 Å². The van der Waals surface area contributed by atoms with Crippen LogP contribution in [0, 0.1) is 5.41 Å². The van der Waals surface area contributed by atoms with Crippen molar-refractivity contribution in [2.45, 2.75) is 20.4 Å². The Balaban J connectivity index is 2.88. The summed E-state index contributed by atoms with van der Waals surface area (Å²) in [5, 5.41) is 7.49. The summed E-state index contributed by atoms with van der Waals surface area (Å²) >= 11 is 0. The molecule has 0 amide bonds. The molecule has 15 heavy (non-hydrogen) atoms. The highest BCUT2D eigenvalue weighted by Crippen LogP contribution is 2.10. The molecular formula is C12H19N3. The number of benzene rings is 1. The van der Waals surface area contributed by atoms with Gasteiger partial charge >= 0.3 is 0 Å². The highest BCUT2D eigenvalue weighted by atomic mass is 15.1. The Morgan fingerprint density at radius 2 is 1.87 bits per heavy atom. The minimum atomic E-state index is 0.151. The van der Waals surface area contributed by atoms with Gasteiger partial charge in [0.1, 0.15) is 5.84 Å². The van der Waals surface area contributed by atoms with E-state index in [1.165, 1.54) is 0 Å². The minimum Gasteiger partial charge on any atom is -0.384 e. The molecule has 0 aliphatic carbocycles. The topological polar surface area (TPSA) is 53.1 Å². The van der Waals surface area contributed by atoms with Crippen molar-refractivity contribution in [2.24, 2.45) is 5.73 Å². The first-order chi connectivity index (χ1) is 7.19. The van der Waals surface area contributed by atoms with E-state index in [9.17, 15) is 0 Å². The number of nitrogens with two attached hydrogens (primary N) is 1. The maximum atomic E-state index is 7.49. The summed E-state index contributed by atoms with van der Waals surface area (Å²) in [7, 11) is 0. The normalized spacial score (nSPS) is 10.6. The van der Waals surface area contributed by atoms with E-state index in [4.69, 9.17) is 11.1 Å². The lowest BCUT2D eigenvalue weighted by molar-refractivity contribution is 0.295. The molecule has 0 bridgehead atoms. The molecule has 3 N–H and O–H groups in total. The first-order valence-electron chi connectivity index (χ1n) is 5.33. The van der Waals surface area contributed by atoms with E-state index in [0.717, 1.165) is 30.8 Å². The van der Waals surface area contributed by atoms with E-state index in [1.807, 2.05) is 24.3 Å². The second-order valence-electron chi connectivity index (χ2n) is 3.53. The van der Waals surface area contributed by atoms with Crippen molar-refractivity contribution >= 4 is 5.84 Å². The number of hydrogen-bond donors (Lipinski definition) is 2. The molecule has 1 aromatic carbocycles. The summed E-state index contributed by atoms with van der Waals surface area (Å²) < 4.78 is 0. The molecule has 3 heteroatoms. The summed E-state index contributed by atoms with van der Waals surface area (Å²) in [6.07, 6.45) is 0. The molecule has 0 saturated heterocycles. The van der Waals surface area contributed by atoms with E-state index in [2.05, 4.69) is 18.7 Å². The average molecular weight is 205 g/mol.